The molecule has 2 aromatic rings. The van der Waals surface area contributed by atoms with Gasteiger partial charge in [-0.25, -0.2) is 8.78 Å². The molecule has 0 aliphatic rings. The van der Waals surface area contributed by atoms with Gasteiger partial charge in [-0.1, -0.05) is 50.1 Å². The van der Waals surface area contributed by atoms with Crippen molar-refractivity contribution in [1.29, 1.82) is 0 Å². The summed E-state index contributed by atoms with van der Waals surface area (Å²) in [5.74, 6) is -1.14. The number of hydrogen-bond acceptors (Lipinski definition) is 1. The number of halogens is 5. The monoisotopic (exact) mass is 516 g/mol. The summed E-state index contributed by atoms with van der Waals surface area (Å²) in [5, 5.41) is 0. The molecule has 0 unspecified atom stereocenters. The van der Waals surface area contributed by atoms with Gasteiger partial charge in [-0.2, -0.15) is 0 Å². The lowest BCUT2D eigenvalue weighted by molar-refractivity contribution is 0.0678. The Balaban J connectivity index is 0.000000217. The third kappa shape index (κ3) is 6.41. The fourth-order valence-corrected chi connectivity index (χ4v) is 3.00. The zero-order valence-electron chi connectivity index (χ0n) is 9.99. The van der Waals surface area contributed by atoms with Gasteiger partial charge in [-0.3, -0.25) is 4.79 Å². The highest BCUT2D eigenvalue weighted by Gasteiger charge is 2.17. The fraction of sp³-hybridized carbons (Fsp3) is 0.0714. The minimum atomic E-state index is -2.93. The van der Waals surface area contributed by atoms with Crippen LogP contribution in [0.2, 0.25) is 0 Å². The molecular formula is C14H9Br2F2IO. The molecular weight excluding hydrogens is 509 g/mol. The molecule has 2 aromatic carbocycles. The van der Waals surface area contributed by atoms with Crippen LogP contribution in [0.5, 0.6) is 0 Å². The van der Waals surface area contributed by atoms with E-state index in [1.54, 1.807) is 12.1 Å². The van der Waals surface area contributed by atoms with Gasteiger partial charge < -0.3 is 0 Å². The van der Waals surface area contributed by atoms with Crippen molar-refractivity contribution in [2.75, 3.05) is 0 Å². The summed E-state index contributed by atoms with van der Waals surface area (Å²) in [7, 11) is 0. The van der Waals surface area contributed by atoms with Crippen LogP contribution >= 0.6 is 54.5 Å². The van der Waals surface area contributed by atoms with Crippen LogP contribution in [0.3, 0.4) is 0 Å². The topological polar surface area (TPSA) is 17.1 Å². The first-order valence-corrected chi connectivity index (χ1v) is 8.05. The second-order valence-corrected chi connectivity index (χ2v) is 6.69. The summed E-state index contributed by atoms with van der Waals surface area (Å²) in [6.45, 7) is 0. The average Bonchev–Trinajstić information content (AvgIpc) is 2.38. The molecule has 0 amide bonds. The van der Waals surface area contributed by atoms with Crippen LogP contribution in [-0.2, 0) is 0 Å². The third-order valence-electron chi connectivity index (χ3n) is 2.09. The van der Waals surface area contributed by atoms with E-state index in [2.05, 4.69) is 66.6 Å². The second-order valence-electron chi connectivity index (χ2n) is 3.62. The van der Waals surface area contributed by atoms with E-state index in [-0.39, 0.29) is 5.56 Å². The zero-order chi connectivity index (χ0) is 15.1. The highest BCUT2D eigenvalue weighted by Crippen LogP contribution is 2.14. The van der Waals surface area contributed by atoms with Gasteiger partial charge in [0.25, 0.3) is 0 Å². The van der Waals surface area contributed by atoms with Gasteiger partial charge in [0.2, 0.25) is 5.78 Å². The summed E-state index contributed by atoms with van der Waals surface area (Å²) in [4.78, 5) is 10.7. The van der Waals surface area contributed by atoms with Crippen LogP contribution < -0.4 is 0 Å². The normalized spacial score (nSPS) is 9.90. The predicted molar refractivity (Wildman–Crippen MR) is 91.3 cm³/mol. The number of ketones is 1. The molecule has 20 heavy (non-hydrogen) atoms. The van der Waals surface area contributed by atoms with Crippen molar-refractivity contribution >= 4 is 60.2 Å². The molecule has 0 atom stereocenters. The van der Waals surface area contributed by atoms with E-state index in [0.29, 0.717) is 4.47 Å². The Morgan fingerprint density at radius 3 is 1.95 bits per heavy atom. The van der Waals surface area contributed by atoms with Crippen LogP contribution in [0.15, 0.2) is 57.5 Å². The molecule has 0 aliphatic carbocycles. The zero-order valence-corrected chi connectivity index (χ0v) is 15.3. The van der Waals surface area contributed by atoms with Gasteiger partial charge in [0.1, 0.15) is 0 Å². The van der Waals surface area contributed by atoms with Gasteiger partial charge in [0.05, 0.1) is 0 Å². The van der Waals surface area contributed by atoms with Crippen molar-refractivity contribution in [3.63, 3.8) is 0 Å². The molecule has 0 fully saturated rings. The molecule has 0 spiro atoms. The Kier molecular flexibility index (Phi) is 7.83. The molecule has 2 rings (SSSR count). The van der Waals surface area contributed by atoms with Gasteiger partial charge in [0, 0.05) is 18.1 Å². The van der Waals surface area contributed by atoms with Crippen molar-refractivity contribution in [3.8, 4) is 0 Å². The predicted octanol–water partition coefficient (Wildman–Crippen LogP) is 5.95. The maximum atomic E-state index is 11.9. The number of carbonyl (C=O) groups excluding carboxylic acids is 1. The van der Waals surface area contributed by atoms with E-state index >= 15 is 0 Å². The average molecular weight is 518 g/mol. The van der Waals surface area contributed by atoms with Gasteiger partial charge in [-0.15, -0.1) is 0 Å². The molecule has 0 aliphatic heterocycles. The molecule has 0 aromatic heterocycles. The number of Topliss-reactive ketones (excluding diaryl/α,β-unsaturated/α-hetero) is 1. The van der Waals surface area contributed by atoms with E-state index < -0.39 is 12.2 Å². The minimum absolute atomic E-state index is 0.0272. The number of alkyl halides is 2. The van der Waals surface area contributed by atoms with Crippen molar-refractivity contribution in [2.24, 2.45) is 0 Å². The lowest BCUT2D eigenvalue weighted by atomic mass is 10.1. The van der Waals surface area contributed by atoms with E-state index in [4.69, 9.17) is 0 Å². The molecule has 0 saturated carbocycles. The Labute approximate surface area is 146 Å². The maximum Gasteiger partial charge on any atom is 0.300 e. The molecule has 1 nitrogen and oxygen atoms in total. The molecule has 0 N–H and O–H groups in total. The summed E-state index contributed by atoms with van der Waals surface area (Å²) in [5.41, 5.74) is 0.0272. The smallest absolute Gasteiger partial charge is 0.288 e. The summed E-state index contributed by atoms with van der Waals surface area (Å²) < 4.78 is 26.8. The first kappa shape index (κ1) is 17.7. The largest absolute Gasteiger partial charge is 0.300 e. The minimum Gasteiger partial charge on any atom is -0.288 e. The number of hydrogen-bond donors (Lipinski definition) is 0. The van der Waals surface area contributed by atoms with E-state index in [9.17, 15) is 13.6 Å². The Hall–Kier alpha value is -0.340. The van der Waals surface area contributed by atoms with E-state index in [0.717, 1.165) is 4.47 Å². The summed E-state index contributed by atoms with van der Waals surface area (Å²) in [6.07, 6.45) is -2.93. The molecule has 106 valence electrons. The van der Waals surface area contributed by atoms with Crippen molar-refractivity contribution in [3.05, 3.63) is 66.6 Å². The second kappa shape index (κ2) is 8.84. The molecule has 0 radical (unpaired) electrons. The van der Waals surface area contributed by atoms with Crippen LogP contribution in [0, 0.1) is 3.57 Å². The van der Waals surface area contributed by atoms with Gasteiger partial charge >= 0.3 is 6.43 Å². The summed E-state index contributed by atoms with van der Waals surface area (Å²) >= 11 is 8.72. The number of benzene rings is 2. The lowest BCUT2D eigenvalue weighted by Crippen LogP contribution is -2.09. The molecule has 0 bridgehead atoms. The number of carbonyl (C=O) groups is 1. The standard InChI is InChI=1S/C8H5BrF2O.C6H4BrI/c9-6-3-1-2-5(4-6)7(12)8(10)11;7-5-2-1-3-6(8)4-5/h1-4,8H;1-4H. The fourth-order valence-electron chi connectivity index (χ4n) is 1.23. The lowest BCUT2D eigenvalue weighted by Gasteiger charge is -1.98. The van der Waals surface area contributed by atoms with Gasteiger partial charge in [-0.05, 0) is 52.9 Å². The van der Waals surface area contributed by atoms with Crippen molar-refractivity contribution in [2.45, 2.75) is 6.43 Å². The first-order chi connectivity index (χ1) is 9.40. The Morgan fingerprint density at radius 2 is 1.55 bits per heavy atom. The van der Waals surface area contributed by atoms with Crippen LogP contribution in [-0.4, -0.2) is 12.2 Å². The number of rotatable bonds is 2. The quantitative estimate of drug-likeness (QED) is 0.355. The highest BCUT2D eigenvalue weighted by molar-refractivity contribution is 14.1. The van der Waals surface area contributed by atoms with E-state index in [1.165, 1.54) is 15.7 Å². The van der Waals surface area contributed by atoms with Crippen molar-refractivity contribution < 1.29 is 13.6 Å². The molecule has 0 heterocycles. The molecule has 0 saturated heterocycles. The maximum absolute atomic E-state index is 11.9. The van der Waals surface area contributed by atoms with Crippen LogP contribution in [0.1, 0.15) is 10.4 Å². The van der Waals surface area contributed by atoms with Crippen LogP contribution in [0.4, 0.5) is 8.78 Å². The Morgan fingerprint density at radius 1 is 1.00 bits per heavy atom. The summed E-state index contributed by atoms with van der Waals surface area (Å²) in [6, 6.07) is 14.1. The molecule has 6 heteroatoms. The third-order valence-corrected chi connectivity index (χ3v) is 3.75. The van der Waals surface area contributed by atoms with Crippen molar-refractivity contribution in [1.82, 2.24) is 0 Å². The highest BCUT2D eigenvalue weighted by atomic mass is 127. The van der Waals surface area contributed by atoms with Gasteiger partial charge in [0.15, 0.2) is 0 Å². The SMILES string of the molecule is Brc1cccc(I)c1.O=C(c1cccc(Br)c1)C(F)F. The van der Waals surface area contributed by atoms with E-state index in [1.807, 2.05) is 12.1 Å². The Bertz CT molecular complexity index is 574. The van der Waals surface area contributed by atoms with Crippen LogP contribution in [0.25, 0.3) is 0 Å². The first-order valence-electron chi connectivity index (χ1n) is 5.39.